The molecule has 0 atom stereocenters. The third-order valence-electron chi connectivity index (χ3n) is 2.56. The number of anilines is 2. The monoisotopic (exact) mass is 245 g/mol. The van der Waals surface area contributed by atoms with Crippen molar-refractivity contribution in [1.82, 2.24) is 4.98 Å². The Bertz CT molecular complexity index is 469. The van der Waals surface area contributed by atoms with Crippen LogP contribution in [0.2, 0.25) is 0 Å². The second kappa shape index (κ2) is 3.89. The maximum absolute atomic E-state index is 13.5. The van der Waals surface area contributed by atoms with E-state index in [4.69, 9.17) is 5.73 Å². The third kappa shape index (κ3) is 2.08. The highest BCUT2D eigenvalue weighted by Crippen LogP contribution is 2.26. The van der Waals surface area contributed by atoms with Gasteiger partial charge in [-0.1, -0.05) is 0 Å². The van der Waals surface area contributed by atoms with E-state index in [0.717, 1.165) is 6.20 Å². The lowest BCUT2D eigenvalue weighted by molar-refractivity contribution is 0.581. The predicted molar refractivity (Wildman–Crippen MR) is 59.5 cm³/mol. The van der Waals surface area contributed by atoms with Gasteiger partial charge in [0.05, 0.1) is 35.3 Å². The summed E-state index contributed by atoms with van der Waals surface area (Å²) in [6.45, 7) is 0.543. The zero-order valence-corrected chi connectivity index (χ0v) is 9.37. The zero-order valence-electron chi connectivity index (χ0n) is 8.56. The molecule has 1 aromatic heterocycles. The zero-order chi connectivity index (χ0) is 11.8. The Hall–Kier alpha value is -1.37. The molecule has 2 heterocycles. The van der Waals surface area contributed by atoms with Crippen LogP contribution in [0.15, 0.2) is 12.4 Å². The smallest absolute Gasteiger partial charge is 0.166 e. The van der Waals surface area contributed by atoms with Gasteiger partial charge in [-0.3, -0.25) is 4.98 Å². The van der Waals surface area contributed by atoms with E-state index in [2.05, 4.69) is 4.98 Å². The molecule has 5 nitrogen and oxygen atoms in total. The molecule has 1 saturated heterocycles. The number of nitrogen functional groups attached to an aromatic ring is 1. The van der Waals surface area contributed by atoms with Gasteiger partial charge in [-0.25, -0.2) is 12.8 Å². The summed E-state index contributed by atoms with van der Waals surface area (Å²) in [6, 6.07) is 0. The minimum Gasteiger partial charge on any atom is -0.396 e. The van der Waals surface area contributed by atoms with Crippen LogP contribution in [0, 0.1) is 5.82 Å². The largest absolute Gasteiger partial charge is 0.396 e. The molecule has 7 heteroatoms. The van der Waals surface area contributed by atoms with Gasteiger partial charge in [0.25, 0.3) is 0 Å². The van der Waals surface area contributed by atoms with E-state index in [1.165, 1.54) is 6.20 Å². The number of pyridine rings is 1. The molecule has 1 aromatic rings. The Balaban J connectivity index is 2.27. The molecule has 2 rings (SSSR count). The molecule has 0 aliphatic carbocycles. The molecular formula is C9H12FN3O2S. The molecule has 1 aliphatic heterocycles. The number of hydrogen-bond acceptors (Lipinski definition) is 5. The quantitative estimate of drug-likeness (QED) is 0.756. The lowest BCUT2D eigenvalue weighted by Crippen LogP contribution is -2.41. The van der Waals surface area contributed by atoms with Crippen molar-refractivity contribution in [2.75, 3.05) is 35.2 Å². The number of halogens is 1. The summed E-state index contributed by atoms with van der Waals surface area (Å²) < 4.78 is 36.0. The standard InChI is InChI=1S/C9H12FN3O2S/c10-7-5-12-6-8(11)9(7)13-1-3-16(14,15)4-2-13/h5-6H,1-4,11H2. The molecule has 0 amide bonds. The Morgan fingerprint density at radius 2 is 1.94 bits per heavy atom. The number of aromatic nitrogens is 1. The van der Waals surface area contributed by atoms with Crippen LogP contribution in [-0.2, 0) is 9.84 Å². The fourth-order valence-corrected chi connectivity index (χ4v) is 2.91. The van der Waals surface area contributed by atoms with Gasteiger partial charge in [-0.15, -0.1) is 0 Å². The van der Waals surface area contributed by atoms with Crippen LogP contribution in [0.25, 0.3) is 0 Å². The van der Waals surface area contributed by atoms with Crippen LogP contribution in [0.3, 0.4) is 0 Å². The first-order valence-corrected chi connectivity index (χ1v) is 6.66. The van der Waals surface area contributed by atoms with Gasteiger partial charge >= 0.3 is 0 Å². The second-order valence-electron chi connectivity index (χ2n) is 3.70. The molecule has 2 N–H and O–H groups in total. The third-order valence-corrected chi connectivity index (χ3v) is 4.17. The van der Waals surface area contributed by atoms with Gasteiger partial charge in [0.1, 0.15) is 0 Å². The van der Waals surface area contributed by atoms with Crippen LogP contribution in [0.5, 0.6) is 0 Å². The van der Waals surface area contributed by atoms with E-state index in [-0.39, 0.29) is 36.0 Å². The first-order chi connectivity index (χ1) is 7.49. The summed E-state index contributed by atoms with van der Waals surface area (Å²) in [7, 11) is -2.97. The topological polar surface area (TPSA) is 76.3 Å². The maximum Gasteiger partial charge on any atom is 0.166 e. The summed E-state index contributed by atoms with van der Waals surface area (Å²) in [4.78, 5) is 5.27. The molecule has 0 unspecified atom stereocenters. The van der Waals surface area contributed by atoms with Gasteiger partial charge < -0.3 is 10.6 Å². The van der Waals surface area contributed by atoms with Gasteiger partial charge in [0.15, 0.2) is 15.7 Å². The van der Waals surface area contributed by atoms with Crippen molar-refractivity contribution in [1.29, 1.82) is 0 Å². The van der Waals surface area contributed by atoms with Crippen LogP contribution in [-0.4, -0.2) is 38.0 Å². The molecule has 0 radical (unpaired) electrons. The van der Waals surface area contributed by atoms with E-state index in [0.29, 0.717) is 0 Å². The van der Waals surface area contributed by atoms with E-state index >= 15 is 0 Å². The Morgan fingerprint density at radius 1 is 1.31 bits per heavy atom. The Kier molecular flexibility index (Phi) is 2.71. The number of rotatable bonds is 1. The lowest BCUT2D eigenvalue weighted by atomic mass is 10.3. The van der Waals surface area contributed by atoms with Crippen molar-refractivity contribution in [2.24, 2.45) is 0 Å². The van der Waals surface area contributed by atoms with Gasteiger partial charge in [0, 0.05) is 13.1 Å². The SMILES string of the molecule is Nc1cncc(F)c1N1CCS(=O)(=O)CC1. The predicted octanol–water partition coefficient (Wildman–Crippen LogP) is 0.0377. The highest BCUT2D eigenvalue weighted by molar-refractivity contribution is 7.91. The van der Waals surface area contributed by atoms with Crippen molar-refractivity contribution in [3.05, 3.63) is 18.2 Å². The summed E-state index contributed by atoms with van der Waals surface area (Å²) in [5.41, 5.74) is 6.12. The van der Waals surface area contributed by atoms with Crippen molar-refractivity contribution >= 4 is 21.2 Å². The van der Waals surface area contributed by atoms with Gasteiger partial charge in [-0.2, -0.15) is 0 Å². The first kappa shape index (κ1) is 11.1. The molecule has 1 aliphatic rings. The highest BCUT2D eigenvalue weighted by atomic mass is 32.2. The number of nitrogens with two attached hydrogens (primary N) is 1. The average Bonchev–Trinajstić information content (AvgIpc) is 2.20. The van der Waals surface area contributed by atoms with E-state index < -0.39 is 15.7 Å². The average molecular weight is 245 g/mol. The van der Waals surface area contributed by atoms with Gasteiger partial charge in [-0.05, 0) is 0 Å². The number of sulfone groups is 1. The normalized spacial score (nSPS) is 19.7. The molecule has 0 spiro atoms. The van der Waals surface area contributed by atoms with Crippen molar-refractivity contribution < 1.29 is 12.8 Å². The summed E-state index contributed by atoms with van der Waals surface area (Å²) in [5.74, 6) is -0.443. The Labute approximate surface area is 93.0 Å². The van der Waals surface area contributed by atoms with Crippen LogP contribution >= 0.6 is 0 Å². The van der Waals surface area contributed by atoms with Crippen molar-refractivity contribution in [3.63, 3.8) is 0 Å². The molecule has 0 bridgehead atoms. The first-order valence-electron chi connectivity index (χ1n) is 4.84. The highest BCUT2D eigenvalue weighted by Gasteiger charge is 2.24. The van der Waals surface area contributed by atoms with Crippen LogP contribution in [0.1, 0.15) is 0 Å². The fraction of sp³-hybridized carbons (Fsp3) is 0.444. The maximum atomic E-state index is 13.5. The minimum atomic E-state index is -2.97. The lowest BCUT2D eigenvalue weighted by Gasteiger charge is -2.29. The molecule has 16 heavy (non-hydrogen) atoms. The molecular weight excluding hydrogens is 233 g/mol. The van der Waals surface area contributed by atoms with Crippen molar-refractivity contribution in [2.45, 2.75) is 0 Å². The molecule has 0 aromatic carbocycles. The fourth-order valence-electron chi connectivity index (χ4n) is 1.71. The molecule has 1 fully saturated rings. The van der Waals surface area contributed by atoms with Crippen LogP contribution < -0.4 is 10.6 Å². The summed E-state index contributed by atoms with van der Waals surface area (Å²) in [5, 5.41) is 0. The molecule has 88 valence electrons. The van der Waals surface area contributed by atoms with E-state index in [1.54, 1.807) is 4.90 Å². The molecule has 0 saturated carbocycles. The Morgan fingerprint density at radius 3 is 2.50 bits per heavy atom. The number of hydrogen-bond donors (Lipinski definition) is 1. The van der Waals surface area contributed by atoms with E-state index in [9.17, 15) is 12.8 Å². The van der Waals surface area contributed by atoms with E-state index in [1.807, 2.05) is 0 Å². The second-order valence-corrected chi connectivity index (χ2v) is 6.00. The van der Waals surface area contributed by atoms with Crippen LogP contribution in [0.4, 0.5) is 15.8 Å². The summed E-state index contributed by atoms with van der Waals surface area (Å²) in [6.07, 6.45) is 2.44. The minimum absolute atomic E-state index is 0.0359. The van der Waals surface area contributed by atoms with Crippen molar-refractivity contribution in [3.8, 4) is 0 Å². The summed E-state index contributed by atoms with van der Waals surface area (Å²) >= 11 is 0. The van der Waals surface area contributed by atoms with Gasteiger partial charge in [0.2, 0.25) is 0 Å². The number of nitrogens with zero attached hydrogens (tertiary/aromatic N) is 2.